The highest BCUT2D eigenvalue weighted by Crippen LogP contribution is 1.99. The topological polar surface area (TPSA) is 82.1 Å². The average molecular weight is 129 g/mol. The minimum atomic E-state index is -1.07. The monoisotopic (exact) mass is 129 g/mol. The van der Waals surface area contributed by atoms with Crippen LogP contribution in [0.3, 0.4) is 0 Å². The smallest absolute Gasteiger partial charge is 0.186 e. The van der Waals surface area contributed by atoms with Gasteiger partial charge in [-0.2, -0.15) is 0 Å². The maximum absolute atomic E-state index is 8.72. The maximum Gasteiger partial charge on any atom is 0.186 e. The molecule has 1 aliphatic heterocycles. The van der Waals surface area contributed by atoms with Crippen LogP contribution in [0, 0.1) is 0 Å². The van der Waals surface area contributed by atoms with Crippen molar-refractivity contribution in [1.29, 1.82) is 0 Å². The van der Waals surface area contributed by atoms with E-state index in [1.165, 1.54) is 0 Å². The highest BCUT2D eigenvalue weighted by Gasteiger charge is 2.10. The van der Waals surface area contributed by atoms with Crippen LogP contribution in [-0.4, -0.2) is 27.8 Å². The van der Waals surface area contributed by atoms with E-state index in [4.69, 9.17) is 16.0 Å². The zero-order valence-electron chi connectivity index (χ0n) is 4.60. The highest BCUT2D eigenvalue weighted by molar-refractivity contribution is 5.64. The Morgan fingerprint density at radius 1 is 1.78 bits per heavy atom. The van der Waals surface area contributed by atoms with Crippen molar-refractivity contribution < 1.29 is 10.3 Å². The number of nitrogens with zero attached hydrogens (tertiary/aromatic N) is 2. The molecular formula is C4H7N3O2. The van der Waals surface area contributed by atoms with Gasteiger partial charge in [-0.25, -0.2) is 10.1 Å². The Hall–Kier alpha value is -1.07. The Labute approximate surface area is 51.7 Å². The first-order valence-corrected chi connectivity index (χ1v) is 2.37. The van der Waals surface area contributed by atoms with Gasteiger partial charge in [-0.05, 0) is 0 Å². The second-order valence-electron chi connectivity index (χ2n) is 1.63. The Kier molecular flexibility index (Phi) is 1.37. The summed E-state index contributed by atoms with van der Waals surface area (Å²) < 4.78 is 0. The molecule has 1 rings (SSSR count). The van der Waals surface area contributed by atoms with E-state index >= 15 is 0 Å². The zero-order chi connectivity index (χ0) is 6.85. The van der Waals surface area contributed by atoms with Crippen molar-refractivity contribution in [3.8, 4) is 0 Å². The van der Waals surface area contributed by atoms with Gasteiger partial charge in [0.1, 0.15) is 5.82 Å². The lowest BCUT2D eigenvalue weighted by Gasteiger charge is -2.18. The lowest BCUT2D eigenvalue weighted by molar-refractivity contribution is -0.128. The van der Waals surface area contributed by atoms with Crippen molar-refractivity contribution >= 4 is 6.21 Å². The molecule has 1 aliphatic rings. The molecule has 0 radical (unpaired) electrons. The molecular weight excluding hydrogens is 122 g/mol. The van der Waals surface area contributed by atoms with E-state index in [0.717, 1.165) is 12.4 Å². The molecule has 4 N–H and O–H groups in total. The van der Waals surface area contributed by atoms with Gasteiger partial charge in [0.05, 0.1) is 12.4 Å². The molecule has 1 heterocycles. The Balaban J connectivity index is 2.70. The third kappa shape index (κ3) is 1.18. The fraction of sp³-hybridized carbons (Fsp3) is 0.250. The van der Waals surface area contributed by atoms with Crippen molar-refractivity contribution in [3.05, 3.63) is 12.0 Å². The molecule has 1 atom stereocenters. The van der Waals surface area contributed by atoms with Crippen molar-refractivity contribution in [2.75, 3.05) is 0 Å². The molecule has 0 aromatic carbocycles. The average Bonchev–Trinajstić information content (AvgIpc) is 1.80. The number of aliphatic imine (C=N–C) groups is 1. The Bertz CT molecular complexity index is 165. The van der Waals surface area contributed by atoms with Crippen molar-refractivity contribution in [3.63, 3.8) is 0 Å². The molecule has 0 saturated carbocycles. The van der Waals surface area contributed by atoms with Gasteiger partial charge < -0.3 is 10.8 Å². The predicted octanol–water partition coefficient (Wildman–Crippen LogP) is -1.16. The second-order valence-corrected chi connectivity index (χ2v) is 1.63. The van der Waals surface area contributed by atoms with Crippen LogP contribution in [0.1, 0.15) is 0 Å². The van der Waals surface area contributed by atoms with Crippen LogP contribution >= 0.6 is 0 Å². The summed E-state index contributed by atoms with van der Waals surface area (Å²) in [6.45, 7) is 0. The molecule has 0 amide bonds. The minimum absolute atomic E-state index is 0.169. The van der Waals surface area contributed by atoms with Gasteiger partial charge in [0.15, 0.2) is 6.23 Å². The molecule has 50 valence electrons. The number of hydrogen-bond donors (Lipinski definition) is 3. The summed E-state index contributed by atoms with van der Waals surface area (Å²) in [5.41, 5.74) is 5.14. The molecule has 0 saturated heterocycles. The van der Waals surface area contributed by atoms with Gasteiger partial charge in [-0.15, -0.1) is 0 Å². The van der Waals surface area contributed by atoms with Crippen LogP contribution < -0.4 is 5.73 Å². The SMILES string of the molecule is NC1=CN(O)C(O)C=N1. The third-order valence-corrected chi connectivity index (χ3v) is 0.893. The number of rotatable bonds is 0. The zero-order valence-corrected chi connectivity index (χ0v) is 4.60. The summed E-state index contributed by atoms with van der Waals surface area (Å²) in [5.74, 6) is 0.169. The summed E-state index contributed by atoms with van der Waals surface area (Å²) in [7, 11) is 0. The summed E-state index contributed by atoms with van der Waals surface area (Å²) in [4.78, 5) is 3.52. The van der Waals surface area contributed by atoms with Crippen LogP contribution in [0.25, 0.3) is 0 Å². The van der Waals surface area contributed by atoms with E-state index in [2.05, 4.69) is 4.99 Å². The molecule has 0 aromatic rings. The van der Waals surface area contributed by atoms with Gasteiger partial charge in [0.25, 0.3) is 0 Å². The number of nitrogens with two attached hydrogens (primary N) is 1. The van der Waals surface area contributed by atoms with Crippen LogP contribution in [-0.2, 0) is 0 Å². The Morgan fingerprint density at radius 2 is 2.44 bits per heavy atom. The normalized spacial score (nSPS) is 26.2. The predicted molar refractivity (Wildman–Crippen MR) is 30.4 cm³/mol. The molecule has 5 heteroatoms. The van der Waals surface area contributed by atoms with Crippen LogP contribution in [0.5, 0.6) is 0 Å². The van der Waals surface area contributed by atoms with E-state index in [1.807, 2.05) is 0 Å². The third-order valence-electron chi connectivity index (χ3n) is 0.893. The second kappa shape index (κ2) is 2.04. The molecule has 0 spiro atoms. The van der Waals surface area contributed by atoms with Crippen LogP contribution in [0.15, 0.2) is 17.0 Å². The van der Waals surface area contributed by atoms with Crippen molar-refractivity contribution in [2.45, 2.75) is 6.23 Å². The number of hydrogen-bond acceptors (Lipinski definition) is 5. The lowest BCUT2D eigenvalue weighted by Crippen LogP contribution is -2.32. The quantitative estimate of drug-likeness (QED) is 0.385. The lowest BCUT2D eigenvalue weighted by atomic mass is 10.5. The number of hydroxylamine groups is 2. The maximum atomic E-state index is 8.72. The van der Waals surface area contributed by atoms with Gasteiger partial charge >= 0.3 is 0 Å². The molecule has 5 nitrogen and oxygen atoms in total. The fourth-order valence-electron chi connectivity index (χ4n) is 0.466. The van der Waals surface area contributed by atoms with Gasteiger partial charge in [0.2, 0.25) is 0 Å². The first-order valence-electron chi connectivity index (χ1n) is 2.37. The van der Waals surface area contributed by atoms with E-state index in [-0.39, 0.29) is 5.82 Å². The number of aliphatic hydroxyl groups excluding tert-OH is 1. The minimum Gasteiger partial charge on any atom is -0.382 e. The molecule has 0 bridgehead atoms. The van der Waals surface area contributed by atoms with E-state index in [9.17, 15) is 0 Å². The molecule has 1 unspecified atom stereocenters. The first kappa shape index (κ1) is 6.06. The summed E-state index contributed by atoms with van der Waals surface area (Å²) in [6, 6.07) is 0. The molecule has 9 heavy (non-hydrogen) atoms. The van der Waals surface area contributed by atoms with Gasteiger partial charge in [0, 0.05) is 0 Å². The largest absolute Gasteiger partial charge is 0.382 e. The van der Waals surface area contributed by atoms with E-state index in [0.29, 0.717) is 5.06 Å². The van der Waals surface area contributed by atoms with Crippen LogP contribution in [0.2, 0.25) is 0 Å². The Morgan fingerprint density at radius 3 is 2.89 bits per heavy atom. The molecule has 0 aliphatic carbocycles. The fourth-order valence-corrected chi connectivity index (χ4v) is 0.466. The highest BCUT2D eigenvalue weighted by atomic mass is 16.5. The first-order chi connectivity index (χ1) is 4.20. The number of aliphatic hydroxyl groups is 1. The molecule has 0 aromatic heterocycles. The standard InChI is InChI=1S/C4H7N3O2/c5-3-2-7(9)4(8)1-6-3/h1-2,4,8-9H,5H2. The van der Waals surface area contributed by atoms with Gasteiger partial charge in [-0.3, -0.25) is 5.21 Å². The van der Waals surface area contributed by atoms with Gasteiger partial charge in [-0.1, -0.05) is 0 Å². The summed E-state index contributed by atoms with van der Waals surface area (Å²) >= 11 is 0. The summed E-state index contributed by atoms with van der Waals surface area (Å²) in [5, 5.41) is 18.0. The summed E-state index contributed by atoms with van der Waals surface area (Å²) in [6.07, 6.45) is 1.19. The van der Waals surface area contributed by atoms with E-state index < -0.39 is 6.23 Å². The molecule has 0 fully saturated rings. The van der Waals surface area contributed by atoms with Crippen molar-refractivity contribution in [2.24, 2.45) is 10.7 Å². The van der Waals surface area contributed by atoms with E-state index in [1.54, 1.807) is 0 Å². The van der Waals surface area contributed by atoms with Crippen molar-refractivity contribution in [1.82, 2.24) is 5.06 Å². The van der Waals surface area contributed by atoms with Crippen LogP contribution in [0.4, 0.5) is 0 Å².